The van der Waals surface area contributed by atoms with Gasteiger partial charge in [0.25, 0.3) is 0 Å². The van der Waals surface area contributed by atoms with Gasteiger partial charge in [0.05, 0.1) is 6.10 Å². The molecule has 0 aromatic carbocycles. The molecule has 2 heteroatoms. The molecule has 0 radical (unpaired) electrons. The zero-order valence-corrected chi connectivity index (χ0v) is 7.18. The van der Waals surface area contributed by atoms with Crippen LogP contribution in [0.5, 0.6) is 0 Å². The van der Waals surface area contributed by atoms with E-state index in [2.05, 4.69) is 6.92 Å². The molecule has 2 N–H and O–H groups in total. The van der Waals surface area contributed by atoms with Gasteiger partial charge in [-0.05, 0) is 26.2 Å². The smallest absolute Gasteiger partial charge is 0.0660 e. The summed E-state index contributed by atoms with van der Waals surface area (Å²) in [6.45, 7) is 2.91. The summed E-state index contributed by atoms with van der Waals surface area (Å²) in [6.07, 6.45) is 5.55. The van der Waals surface area contributed by atoms with Crippen molar-refractivity contribution in [3.8, 4) is 0 Å². The van der Waals surface area contributed by atoms with Gasteiger partial charge >= 0.3 is 0 Å². The molecule has 1 spiro atoms. The summed E-state index contributed by atoms with van der Waals surface area (Å²) in [7, 11) is 0. The third kappa shape index (κ3) is 0.859. The minimum absolute atomic E-state index is 0.427. The van der Waals surface area contributed by atoms with Crippen LogP contribution in [0.15, 0.2) is 0 Å². The molecule has 2 aliphatic rings. The maximum absolute atomic E-state index is 5.96. The first-order chi connectivity index (χ1) is 5.29. The van der Waals surface area contributed by atoms with Gasteiger partial charge in [-0.1, -0.05) is 6.42 Å². The molecule has 0 heterocycles. The lowest BCUT2D eigenvalue weighted by atomic mass is 9.51. The first kappa shape index (κ1) is 7.56. The van der Waals surface area contributed by atoms with Crippen molar-refractivity contribution in [2.24, 2.45) is 11.1 Å². The van der Waals surface area contributed by atoms with Gasteiger partial charge in [-0.15, -0.1) is 0 Å². The van der Waals surface area contributed by atoms with Crippen LogP contribution in [-0.4, -0.2) is 18.8 Å². The highest BCUT2D eigenvalue weighted by atomic mass is 16.5. The Hall–Kier alpha value is -0.0800. The van der Waals surface area contributed by atoms with Crippen molar-refractivity contribution in [1.82, 2.24) is 0 Å². The van der Waals surface area contributed by atoms with Crippen molar-refractivity contribution in [3.05, 3.63) is 0 Å². The van der Waals surface area contributed by atoms with Crippen molar-refractivity contribution in [2.75, 3.05) is 6.61 Å². The lowest BCUT2D eigenvalue weighted by molar-refractivity contribution is -0.163. The Morgan fingerprint density at radius 1 is 1.55 bits per heavy atom. The van der Waals surface area contributed by atoms with E-state index in [4.69, 9.17) is 10.5 Å². The summed E-state index contributed by atoms with van der Waals surface area (Å²) in [6, 6.07) is 0.438. The summed E-state index contributed by atoms with van der Waals surface area (Å²) < 4.78 is 5.63. The highest BCUT2D eigenvalue weighted by Crippen LogP contribution is 2.56. The van der Waals surface area contributed by atoms with Crippen LogP contribution in [0.3, 0.4) is 0 Å². The molecular formula is C9H17NO. The van der Waals surface area contributed by atoms with E-state index in [9.17, 15) is 0 Å². The Morgan fingerprint density at radius 2 is 2.27 bits per heavy atom. The van der Waals surface area contributed by atoms with Crippen molar-refractivity contribution >= 4 is 0 Å². The number of ether oxygens (including phenoxy) is 1. The molecular weight excluding hydrogens is 138 g/mol. The molecule has 2 fully saturated rings. The molecule has 2 rings (SSSR count). The Bertz CT molecular complexity index is 152. The maximum atomic E-state index is 5.96. The molecule has 64 valence electrons. The van der Waals surface area contributed by atoms with Gasteiger partial charge in [0.1, 0.15) is 0 Å². The SMILES string of the molecule is CCO[C@@H]1C[C@H](N)C12CCC2. The lowest BCUT2D eigenvalue weighted by Gasteiger charge is -2.59. The second-order valence-corrected chi connectivity index (χ2v) is 3.87. The van der Waals surface area contributed by atoms with Crippen LogP contribution in [0.2, 0.25) is 0 Å². The Labute approximate surface area is 68.1 Å². The monoisotopic (exact) mass is 155 g/mol. The van der Waals surface area contributed by atoms with Crippen LogP contribution < -0.4 is 5.73 Å². The second-order valence-electron chi connectivity index (χ2n) is 3.87. The highest BCUT2D eigenvalue weighted by molar-refractivity contribution is 5.10. The minimum Gasteiger partial charge on any atom is -0.378 e. The van der Waals surface area contributed by atoms with Gasteiger partial charge in [0.2, 0.25) is 0 Å². The van der Waals surface area contributed by atoms with E-state index in [0.29, 0.717) is 17.6 Å². The van der Waals surface area contributed by atoms with Gasteiger partial charge in [0.15, 0.2) is 0 Å². The van der Waals surface area contributed by atoms with Gasteiger partial charge in [-0.3, -0.25) is 0 Å². The summed E-state index contributed by atoms with van der Waals surface area (Å²) in [5, 5.41) is 0. The van der Waals surface area contributed by atoms with Crippen LogP contribution in [0.1, 0.15) is 32.6 Å². The van der Waals surface area contributed by atoms with E-state index in [-0.39, 0.29) is 0 Å². The largest absolute Gasteiger partial charge is 0.378 e. The van der Waals surface area contributed by atoms with Gasteiger partial charge < -0.3 is 10.5 Å². The van der Waals surface area contributed by atoms with E-state index in [1.165, 1.54) is 19.3 Å². The number of hydrogen-bond donors (Lipinski definition) is 1. The Morgan fingerprint density at radius 3 is 2.64 bits per heavy atom. The van der Waals surface area contributed by atoms with E-state index in [0.717, 1.165) is 13.0 Å². The van der Waals surface area contributed by atoms with E-state index >= 15 is 0 Å². The Kier molecular flexibility index (Phi) is 1.69. The van der Waals surface area contributed by atoms with Crippen LogP contribution in [0.25, 0.3) is 0 Å². The van der Waals surface area contributed by atoms with Crippen molar-refractivity contribution < 1.29 is 4.74 Å². The molecule has 0 bridgehead atoms. The van der Waals surface area contributed by atoms with E-state index < -0.39 is 0 Å². The highest BCUT2D eigenvalue weighted by Gasteiger charge is 2.57. The fraction of sp³-hybridized carbons (Fsp3) is 1.00. The fourth-order valence-corrected chi connectivity index (χ4v) is 2.49. The predicted octanol–water partition coefficient (Wildman–Crippen LogP) is 1.29. The molecule has 0 aromatic rings. The topological polar surface area (TPSA) is 35.2 Å². The molecule has 0 aromatic heterocycles. The molecule has 2 saturated carbocycles. The predicted molar refractivity (Wildman–Crippen MR) is 44.3 cm³/mol. The van der Waals surface area contributed by atoms with Crippen molar-refractivity contribution in [1.29, 1.82) is 0 Å². The summed E-state index contributed by atoms with van der Waals surface area (Å²) in [5.74, 6) is 0. The minimum atomic E-state index is 0.427. The first-order valence-electron chi connectivity index (χ1n) is 4.67. The average Bonchev–Trinajstić information content (AvgIpc) is 1.83. The third-order valence-electron chi connectivity index (χ3n) is 3.50. The summed E-state index contributed by atoms with van der Waals surface area (Å²) in [5.41, 5.74) is 6.39. The van der Waals surface area contributed by atoms with Gasteiger partial charge in [-0.2, -0.15) is 0 Å². The van der Waals surface area contributed by atoms with Crippen LogP contribution in [-0.2, 0) is 4.74 Å². The number of rotatable bonds is 2. The quantitative estimate of drug-likeness (QED) is 0.652. The van der Waals surface area contributed by atoms with E-state index in [1.54, 1.807) is 0 Å². The molecule has 0 saturated heterocycles. The van der Waals surface area contributed by atoms with Crippen LogP contribution >= 0.6 is 0 Å². The molecule has 0 unspecified atom stereocenters. The normalized spacial score (nSPS) is 39.8. The fourth-order valence-electron chi connectivity index (χ4n) is 2.49. The first-order valence-corrected chi connectivity index (χ1v) is 4.67. The molecule has 0 aliphatic heterocycles. The summed E-state index contributed by atoms with van der Waals surface area (Å²) >= 11 is 0. The van der Waals surface area contributed by atoms with Gasteiger partial charge in [-0.25, -0.2) is 0 Å². The molecule has 2 aliphatic carbocycles. The van der Waals surface area contributed by atoms with Crippen molar-refractivity contribution in [3.63, 3.8) is 0 Å². The third-order valence-corrected chi connectivity index (χ3v) is 3.50. The van der Waals surface area contributed by atoms with Crippen LogP contribution in [0.4, 0.5) is 0 Å². The number of hydrogen-bond acceptors (Lipinski definition) is 2. The second kappa shape index (κ2) is 2.46. The molecule has 11 heavy (non-hydrogen) atoms. The van der Waals surface area contributed by atoms with E-state index in [1.807, 2.05) is 0 Å². The average molecular weight is 155 g/mol. The Balaban J connectivity index is 1.94. The standard InChI is InChI=1S/C9H17NO/c1-2-11-8-6-7(10)9(8)4-3-5-9/h7-8H,2-6,10H2,1H3/t7-,8+/m0/s1. The molecule has 2 atom stereocenters. The van der Waals surface area contributed by atoms with Gasteiger partial charge in [0, 0.05) is 18.1 Å². The zero-order valence-electron chi connectivity index (χ0n) is 7.18. The van der Waals surface area contributed by atoms with Crippen LogP contribution in [0, 0.1) is 5.41 Å². The molecule has 0 amide bonds. The number of nitrogens with two attached hydrogens (primary N) is 1. The summed E-state index contributed by atoms with van der Waals surface area (Å²) in [4.78, 5) is 0. The molecule has 2 nitrogen and oxygen atoms in total. The van der Waals surface area contributed by atoms with Crippen molar-refractivity contribution in [2.45, 2.75) is 44.8 Å². The zero-order chi connectivity index (χ0) is 7.90. The maximum Gasteiger partial charge on any atom is 0.0660 e. The lowest BCUT2D eigenvalue weighted by Crippen LogP contribution is -2.65.